The Balaban J connectivity index is 1.89. The number of para-hydroxylation sites is 1. The normalized spacial score (nSPS) is 10.2. The molecule has 0 aliphatic heterocycles. The number of carbonyl (C=O) groups is 2. The second-order valence-electron chi connectivity index (χ2n) is 4.85. The van der Waals surface area contributed by atoms with Crippen LogP contribution in [0.25, 0.3) is 0 Å². The molecule has 0 heterocycles. The van der Waals surface area contributed by atoms with Crippen molar-refractivity contribution in [1.82, 2.24) is 5.32 Å². The lowest BCUT2D eigenvalue weighted by molar-refractivity contribution is -0.385. The number of rotatable bonds is 6. The van der Waals surface area contributed by atoms with E-state index in [4.69, 9.17) is 27.9 Å². The molecule has 9 heteroatoms. The van der Waals surface area contributed by atoms with E-state index >= 15 is 0 Å². The zero-order valence-electron chi connectivity index (χ0n) is 12.7. The summed E-state index contributed by atoms with van der Waals surface area (Å²) in [6, 6.07) is 10.2. The summed E-state index contributed by atoms with van der Waals surface area (Å²) in [6.07, 6.45) is 0. The fourth-order valence-electron chi connectivity index (χ4n) is 1.94. The van der Waals surface area contributed by atoms with E-state index in [1.54, 1.807) is 6.07 Å². The molecule has 130 valence electrons. The fourth-order valence-corrected chi connectivity index (χ4v) is 2.44. The number of nitro groups is 1. The van der Waals surface area contributed by atoms with E-state index in [0.717, 1.165) is 0 Å². The first-order valence-electron chi connectivity index (χ1n) is 6.99. The SMILES string of the molecule is O=C(CNC(=O)c1ccc(Cl)cc1Cl)OCc1ccccc1[N+](=O)[O-]. The molecule has 0 aliphatic carbocycles. The monoisotopic (exact) mass is 382 g/mol. The van der Waals surface area contributed by atoms with Gasteiger partial charge in [0.05, 0.1) is 21.1 Å². The number of ether oxygens (including phenoxy) is 1. The van der Waals surface area contributed by atoms with Gasteiger partial charge in [0, 0.05) is 11.1 Å². The van der Waals surface area contributed by atoms with Crippen molar-refractivity contribution in [2.75, 3.05) is 6.54 Å². The van der Waals surface area contributed by atoms with Gasteiger partial charge in [-0.1, -0.05) is 35.3 Å². The average Bonchev–Trinajstić information content (AvgIpc) is 2.58. The molecule has 1 N–H and O–H groups in total. The molecule has 2 rings (SSSR count). The molecule has 2 aromatic rings. The predicted octanol–water partition coefficient (Wildman–Crippen LogP) is 3.37. The topological polar surface area (TPSA) is 98.5 Å². The van der Waals surface area contributed by atoms with Crippen molar-refractivity contribution in [1.29, 1.82) is 0 Å². The highest BCUT2D eigenvalue weighted by Crippen LogP contribution is 2.21. The van der Waals surface area contributed by atoms with Crippen LogP contribution in [0.4, 0.5) is 5.69 Å². The minimum Gasteiger partial charge on any atom is -0.459 e. The zero-order chi connectivity index (χ0) is 18.4. The summed E-state index contributed by atoms with van der Waals surface area (Å²) < 4.78 is 4.94. The Morgan fingerprint density at radius 2 is 1.88 bits per heavy atom. The number of halogens is 2. The van der Waals surface area contributed by atoms with Gasteiger partial charge in [-0.25, -0.2) is 0 Å². The van der Waals surface area contributed by atoms with Gasteiger partial charge in [0.2, 0.25) is 0 Å². The number of benzene rings is 2. The van der Waals surface area contributed by atoms with Crippen LogP contribution in [0, 0.1) is 10.1 Å². The first-order chi connectivity index (χ1) is 11.9. The van der Waals surface area contributed by atoms with Crippen LogP contribution in [-0.2, 0) is 16.1 Å². The van der Waals surface area contributed by atoms with Gasteiger partial charge in [-0.15, -0.1) is 0 Å². The lowest BCUT2D eigenvalue weighted by Gasteiger charge is -2.08. The van der Waals surface area contributed by atoms with Crippen LogP contribution in [-0.4, -0.2) is 23.3 Å². The van der Waals surface area contributed by atoms with Crippen LogP contribution in [0.3, 0.4) is 0 Å². The third kappa shape index (κ3) is 5.17. The Morgan fingerprint density at radius 1 is 1.16 bits per heavy atom. The van der Waals surface area contributed by atoms with E-state index in [1.165, 1.54) is 36.4 Å². The number of nitro benzene ring substituents is 1. The molecule has 0 atom stereocenters. The zero-order valence-corrected chi connectivity index (χ0v) is 14.2. The Hall–Kier alpha value is -2.64. The van der Waals surface area contributed by atoms with Gasteiger partial charge in [0.15, 0.2) is 0 Å². The summed E-state index contributed by atoms with van der Waals surface area (Å²) >= 11 is 11.6. The van der Waals surface area contributed by atoms with Crippen molar-refractivity contribution in [3.8, 4) is 0 Å². The molecule has 7 nitrogen and oxygen atoms in total. The van der Waals surface area contributed by atoms with Crippen LogP contribution >= 0.6 is 23.2 Å². The van der Waals surface area contributed by atoms with Gasteiger partial charge in [-0.05, 0) is 24.3 Å². The number of nitrogens with zero attached hydrogens (tertiary/aromatic N) is 1. The smallest absolute Gasteiger partial charge is 0.325 e. The molecule has 1 amide bonds. The molecular weight excluding hydrogens is 371 g/mol. The number of nitrogens with one attached hydrogen (secondary N) is 1. The summed E-state index contributed by atoms with van der Waals surface area (Å²) in [5.41, 5.74) is 0.276. The third-order valence-corrected chi connectivity index (χ3v) is 3.69. The van der Waals surface area contributed by atoms with E-state index in [0.29, 0.717) is 5.02 Å². The average molecular weight is 383 g/mol. The maximum atomic E-state index is 12.0. The van der Waals surface area contributed by atoms with Gasteiger partial charge in [-0.2, -0.15) is 0 Å². The highest BCUT2D eigenvalue weighted by Gasteiger charge is 2.15. The number of hydrogen-bond acceptors (Lipinski definition) is 5. The summed E-state index contributed by atoms with van der Waals surface area (Å²) in [5.74, 6) is -1.30. The highest BCUT2D eigenvalue weighted by atomic mass is 35.5. The van der Waals surface area contributed by atoms with Crippen LogP contribution < -0.4 is 5.32 Å². The van der Waals surface area contributed by atoms with Crippen molar-refractivity contribution >= 4 is 40.8 Å². The van der Waals surface area contributed by atoms with Crippen molar-refractivity contribution < 1.29 is 19.2 Å². The number of hydrogen-bond donors (Lipinski definition) is 1. The fraction of sp³-hybridized carbons (Fsp3) is 0.125. The maximum absolute atomic E-state index is 12.0. The predicted molar refractivity (Wildman–Crippen MR) is 91.7 cm³/mol. The summed E-state index contributed by atoms with van der Waals surface area (Å²) in [7, 11) is 0. The molecule has 0 aliphatic rings. The molecule has 0 spiro atoms. The molecular formula is C16H12Cl2N2O5. The van der Waals surface area contributed by atoms with Gasteiger partial charge in [0.25, 0.3) is 11.6 Å². The molecule has 0 radical (unpaired) electrons. The number of carbonyl (C=O) groups excluding carboxylic acids is 2. The largest absolute Gasteiger partial charge is 0.459 e. The van der Waals surface area contributed by atoms with Crippen molar-refractivity contribution in [3.05, 3.63) is 73.8 Å². The Bertz CT molecular complexity index is 826. The van der Waals surface area contributed by atoms with E-state index in [1.807, 2.05) is 0 Å². The van der Waals surface area contributed by atoms with Crippen molar-refractivity contribution in [3.63, 3.8) is 0 Å². The van der Waals surface area contributed by atoms with E-state index < -0.39 is 23.3 Å². The minimum atomic E-state index is -0.739. The van der Waals surface area contributed by atoms with Crippen LogP contribution in [0.15, 0.2) is 42.5 Å². The van der Waals surface area contributed by atoms with Crippen molar-refractivity contribution in [2.45, 2.75) is 6.61 Å². The highest BCUT2D eigenvalue weighted by molar-refractivity contribution is 6.36. The Labute approximate surface area is 152 Å². The van der Waals surface area contributed by atoms with E-state index in [-0.39, 0.29) is 28.4 Å². The summed E-state index contributed by atoms with van der Waals surface area (Å²) in [5, 5.41) is 13.8. The van der Waals surface area contributed by atoms with E-state index in [2.05, 4.69) is 5.32 Å². The van der Waals surface area contributed by atoms with Crippen molar-refractivity contribution in [2.24, 2.45) is 0 Å². The standard InChI is InChI=1S/C16H12Cl2N2O5/c17-11-5-6-12(13(18)7-11)16(22)19-8-15(21)25-9-10-3-1-2-4-14(10)20(23)24/h1-7H,8-9H2,(H,19,22). The van der Waals surface area contributed by atoms with Crippen LogP contribution in [0.1, 0.15) is 15.9 Å². The first-order valence-corrected chi connectivity index (χ1v) is 7.75. The summed E-state index contributed by atoms with van der Waals surface area (Å²) in [4.78, 5) is 34.0. The Kier molecular flexibility index (Phi) is 6.32. The van der Waals surface area contributed by atoms with Crippen LogP contribution in [0.2, 0.25) is 10.0 Å². The quantitative estimate of drug-likeness (QED) is 0.469. The van der Waals surface area contributed by atoms with Gasteiger partial charge >= 0.3 is 5.97 Å². The van der Waals surface area contributed by atoms with Gasteiger partial charge in [0.1, 0.15) is 13.2 Å². The summed E-state index contributed by atoms with van der Waals surface area (Å²) in [6.45, 7) is -0.675. The minimum absolute atomic E-state index is 0.146. The molecule has 25 heavy (non-hydrogen) atoms. The lowest BCUT2D eigenvalue weighted by Crippen LogP contribution is -2.30. The third-order valence-electron chi connectivity index (χ3n) is 3.15. The molecule has 0 unspecified atom stereocenters. The Morgan fingerprint density at radius 3 is 2.56 bits per heavy atom. The molecule has 0 fully saturated rings. The molecule has 2 aromatic carbocycles. The van der Waals surface area contributed by atoms with Crippen LogP contribution in [0.5, 0.6) is 0 Å². The second-order valence-corrected chi connectivity index (χ2v) is 5.70. The number of amides is 1. The number of esters is 1. The molecule has 0 aromatic heterocycles. The second kappa shape index (κ2) is 8.46. The van der Waals surface area contributed by atoms with E-state index in [9.17, 15) is 19.7 Å². The van der Waals surface area contributed by atoms with Gasteiger partial charge in [-0.3, -0.25) is 19.7 Å². The lowest BCUT2D eigenvalue weighted by atomic mass is 10.2. The molecule has 0 bridgehead atoms. The molecule has 0 saturated heterocycles. The first kappa shape index (κ1) is 18.7. The maximum Gasteiger partial charge on any atom is 0.325 e. The molecule has 0 saturated carbocycles. The van der Waals surface area contributed by atoms with Gasteiger partial charge < -0.3 is 10.1 Å².